The van der Waals surface area contributed by atoms with Crippen LogP contribution < -0.4 is 5.32 Å². The van der Waals surface area contributed by atoms with Gasteiger partial charge in [-0.25, -0.2) is 0 Å². The van der Waals surface area contributed by atoms with E-state index in [1.54, 1.807) is 0 Å². The quantitative estimate of drug-likeness (QED) is 0.801. The van der Waals surface area contributed by atoms with Gasteiger partial charge < -0.3 is 4.90 Å². The van der Waals surface area contributed by atoms with Crippen molar-refractivity contribution in [2.75, 3.05) is 13.2 Å². The van der Waals surface area contributed by atoms with E-state index in [1.165, 1.54) is 38.5 Å². The number of carbonyl (C=O) groups is 1. The monoisotopic (exact) mass is 266 g/mol. The van der Waals surface area contributed by atoms with E-state index in [0.29, 0.717) is 5.91 Å². The van der Waals surface area contributed by atoms with Crippen LogP contribution in [0.2, 0.25) is 0 Å². The summed E-state index contributed by atoms with van der Waals surface area (Å²) in [5.41, 5.74) is 0. The van der Waals surface area contributed by atoms with Gasteiger partial charge in [0.05, 0.1) is 12.7 Å². The van der Waals surface area contributed by atoms with E-state index in [2.05, 4.69) is 24.1 Å². The van der Waals surface area contributed by atoms with Gasteiger partial charge in [0.15, 0.2) is 0 Å². The van der Waals surface area contributed by atoms with Crippen LogP contribution in [0.4, 0.5) is 0 Å². The molecule has 1 N–H and O–H groups in total. The van der Waals surface area contributed by atoms with E-state index in [-0.39, 0.29) is 6.04 Å². The van der Waals surface area contributed by atoms with Gasteiger partial charge in [-0.1, -0.05) is 46.0 Å². The summed E-state index contributed by atoms with van der Waals surface area (Å²) in [5.74, 6) is 2.05. The second-order valence-electron chi connectivity index (χ2n) is 6.41. The summed E-state index contributed by atoms with van der Waals surface area (Å²) in [7, 11) is 0. The van der Waals surface area contributed by atoms with Gasteiger partial charge in [-0.2, -0.15) is 0 Å². The molecule has 2 fully saturated rings. The van der Waals surface area contributed by atoms with Crippen LogP contribution in [0.1, 0.15) is 65.2 Å². The topological polar surface area (TPSA) is 32.3 Å². The summed E-state index contributed by atoms with van der Waals surface area (Å²) in [6.45, 7) is 6.26. The second-order valence-corrected chi connectivity index (χ2v) is 6.41. The van der Waals surface area contributed by atoms with Gasteiger partial charge in [0.25, 0.3) is 0 Å². The molecule has 19 heavy (non-hydrogen) atoms. The van der Waals surface area contributed by atoms with Crippen molar-refractivity contribution in [3.05, 3.63) is 0 Å². The molecule has 0 aromatic heterocycles. The Balaban J connectivity index is 1.73. The molecular weight excluding hydrogens is 236 g/mol. The van der Waals surface area contributed by atoms with Crippen molar-refractivity contribution in [2.24, 2.45) is 11.8 Å². The molecule has 1 saturated carbocycles. The Labute approximate surface area is 118 Å². The fraction of sp³-hybridized carbons (Fsp3) is 0.938. The van der Waals surface area contributed by atoms with Gasteiger partial charge in [-0.05, 0) is 31.1 Å². The van der Waals surface area contributed by atoms with Gasteiger partial charge in [-0.15, -0.1) is 0 Å². The summed E-state index contributed by atoms with van der Waals surface area (Å²) < 4.78 is 0. The number of nitrogens with zero attached hydrogens (tertiary/aromatic N) is 1. The highest BCUT2D eigenvalue weighted by atomic mass is 16.2. The lowest BCUT2D eigenvalue weighted by Crippen LogP contribution is -2.35. The minimum absolute atomic E-state index is 0.104. The van der Waals surface area contributed by atoms with Crippen LogP contribution in [-0.2, 0) is 4.79 Å². The van der Waals surface area contributed by atoms with Crippen LogP contribution >= 0.6 is 0 Å². The molecule has 1 aliphatic heterocycles. The largest absolute Gasteiger partial charge is 0.328 e. The van der Waals surface area contributed by atoms with E-state index < -0.39 is 0 Å². The van der Waals surface area contributed by atoms with Crippen molar-refractivity contribution in [2.45, 2.75) is 71.3 Å². The fourth-order valence-electron chi connectivity index (χ4n) is 3.53. The molecule has 110 valence electrons. The molecule has 2 aliphatic rings. The minimum Gasteiger partial charge on any atom is -0.328 e. The molecule has 3 nitrogen and oxygen atoms in total. The molecule has 1 amide bonds. The van der Waals surface area contributed by atoms with Crippen molar-refractivity contribution in [3.8, 4) is 0 Å². The van der Waals surface area contributed by atoms with Gasteiger partial charge in [0.1, 0.15) is 0 Å². The number of amides is 1. The maximum Gasteiger partial charge on any atom is 0.240 e. The zero-order valence-electron chi connectivity index (χ0n) is 12.7. The Kier molecular flexibility index (Phi) is 5.68. The van der Waals surface area contributed by atoms with Gasteiger partial charge in [-0.3, -0.25) is 10.1 Å². The van der Waals surface area contributed by atoms with Crippen molar-refractivity contribution in [3.63, 3.8) is 0 Å². The smallest absolute Gasteiger partial charge is 0.240 e. The molecule has 0 radical (unpaired) electrons. The Morgan fingerprint density at radius 3 is 2.47 bits per heavy atom. The van der Waals surface area contributed by atoms with Crippen LogP contribution in [0.3, 0.4) is 0 Å². The second kappa shape index (κ2) is 7.28. The highest BCUT2D eigenvalue weighted by Crippen LogP contribution is 2.31. The number of rotatable bonds is 6. The lowest BCUT2D eigenvalue weighted by molar-refractivity contribution is -0.129. The van der Waals surface area contributed by atoms with E-state index >= 15 is 0 Å². The summed E-state index contributed by atoms with van der Waals surface area (Å²) >= 11 is 0. The molecule has 1 unspecified atom stereocenters. The van der Waals surface area contributed by atoms with Crippen molar-refractivity contribution in [1.29, 1.82) is 0 Å². The predicted molar refractivity (Wildman–Crippen MR) is 78.8 cm³/mol. The normalized spacial score (nSPS) is 32.0. The molecule has 1 heterocycles. The first-order valence-electron chi connectivity index (χ1n) is 8.26. The lowest BCUT2D eigenvalue weighted by Gasteiger charge is -2.30. The Morgan fingerprint density at radius 1 is 1.16 bits per heavy atom. The first-order chi connectivity index (χ1) is 9.24. The van der Waals surface area contributed by atoms with Gasteiger partial charge >= 0.3 is 0 Å². The van der Waals surface area contributed by atoms with E-state index in [9.17, 15) is 4.79 Å². The third-order valence-electron chi connectivity index (χ3n) is 5.01. The molecule has 3 heteroatoms. The molecular formula is C16H30N2O. The Morgan fingerprint density at radius 2 is 1.84 bits per heavy atom. The molecule has 1 saturated heterocycles. The molecule has 0 aromatic carbocycles. The third-order valence-corrected chi connectivity index (χ3v) is 5.01. The number of nitrogens with one attached hydrogen (secondary N) is 1. The number of unbranched alkanes of at least 4 members (excludes halogenated alkanes) is 1. The van der Waals surface area contributed by atoms with Crippen LogP contribution in [0, 0.1) is 11.8 Å². The standard InChI is InChI=1S/C16H30N2O/c1-3-5-6-15-16(19)18(12-17-15)11-14-9-7-13(4-2)8-10-14/h13-15,17H,3-12H2,1-2H3. The average Bonchev–Trinajstić information content (AvgIpc) is 2.78. The summed E-state index contributed by atoms with van der Waals surface area (Å²) in [4.78, 5) is 14.3. The number of hydrogen-bond acceptors (Lipinski definition) is 2. The molecule has 1 atom stereocenters. The predicted octanol–water partition coefficient (Wildman–Crippen LogP) is 3.15. The molecule has 0 aromatic rings. The maximum absolute atomic E-state index is 12.3. The Hall–Kier alpha value is -0.570. The zero-order chi connectivity index (χ0) is 13.7. The SMILES string of the molecule is CCCCC1NCN(CC2CCC(CC)CC2)C1=O. The van der Waals surface area contributed by atoms with Gasteiger partial charge in [0, 0.05) is 6.54 Å². The van der Waals surface area contributed by atoms with Crippen molar-refractivity contribution in [1.82, 2.24) is 10.2 Å². The van der Waals surface area contributed by atoms with E-state index in [4.69, 9.17) is 0 Å². The molecule has 2 rings (SSSR count). The highest BCUT2D eigenvalue weighted by Gasteiger charge is 2.32. The van der Waals surface area contributed by atoms with Crippen LogP contribution in [0.25, 0.3) is 0 Å². The van der Waals surface area contributed by atoms with Crippen LogP contribution in [0.5, 0.6) is 0 Å². The highest BCUT2D eigenvalue weighted by molar-refractivity contribution is 5.83. The van der Waals surface area contributed by atoms with Crippen molar-refractivity contribution >= 4 is 5.91 Å². The first kappa shape index (κ1) is 14.8. The molecule has 1 aliphatic carbocycles. The van der Waals surface area contributed by atoms with Gasteiger partial charge in [0.2, 0.25) is 5.91 Å². The van der Waals surface area contributed by atoms with Crippen LogP contribution in [0.15, 0.2) is 0 Å². The van der Waals surface area contributed by atoms with E-state index in [1.807, 2.05) is 0 Å². The maximum atomic E-state index is 12.3. The molecule has 0 spiro atoms. The fourth-order valence-corrected chi connectivity index (χ4v) is 3.53. The summed E-state index contributed by atoms with van der Waals surface area (Å²) in [6, 6.07) is 0.104. The number of carbonyl (C=O) groups excluding carboxylic acids is 1. The summed E-state index contributed by atoms with van der Waals surface area (Å²) in [6.07, 6.45) is 10.0. The molecule has 0 bridgehead atoms. The van der Waals surface area contributed by atoms with Crippen LogP contribution in [-0.4, -0.2) is 30.1 Å². The van der Waals surface area contributed by atoms with E-state index in [0.717, 1.165) is 37.9 Å². The zero-order valence-corrected chi connectivity index (χ0v) is 12.7. The lowest BCUT2D eigenvalue weighted by atomic mass is 9.80. The third kappa shape index (κ3) is 3.95. The Bertz CT molecular complexity index is 284. The average molecular weight is 266 g/mol. The number of hydrogen-bond donors (Lipinski definition) is 1. The minimum atomic E-state index is 0.104. The van der Waals surface area contributed by atoms with Crippen molar-refractivity contribution < 1.29 is 4.79 Å². The summed E-state index contributed by atoms with van der Waals surface area (Å²) in [5, 5.41) is 3.38. The first-order valence-corrected chi connectivity index (χ1v) is 8.26.